The molecular weight excluding hydrogens is 352 g/mol. The molecule has 2 atom stereocenters. The maximum Gasteiger partial charge on any atom is 0.355 e. The van der Waals surface area contributed by atoms with Gasteiger partial charge >= 0.3 is 5.97 Å². The number of hydrogen-bond acceptors (Lipinski definition) is 4. The molecule has 1 saturated heterocycles. The van der Waals surface area contributed by atoms with Gasteiger partial charge in [0.2, 0.25) is 0 Å². The number of aromatic hydroxyl groups is 1. The molecule has 1 fully saturated rings. The number of likely N-dealkylation sites (tertiary alicyclic amines) is 1. The second kappa shape index (κ2) is 7.28. The number of rotatable bonds is 4. The number of piperidine rings is 1. The summed E-state index contributed by atoms with van der Waals surface area (Å²) in [6.45, 7) is 9.62. The van der Waals surface area contributed by atoms with E-state index >= 15 is 0 Å². The summed E-state index contributed by atoms with van der Waals surface area (Å²) in [6.07, 6.45) is 2.87. The summed E-state index contributed by atoms with van der Waals surface area (Å²) in [7, 11) is 0. The molecule has 1 aromatic heterocycles. The quantitative estimate of drug-likeness (QED) is 0.793. The van der Waals surface area contributed by atoms with Crippen molar-refractivity contribution < 1.29 is 14.6 Å². The SMILES string of the molecule is CCOC(=O)c1[nH]c2c(c1C)C[C@H]1CN(CC)CC[C@]1(c1cccc(O)c1)C2. The monoisotopic (exact) mass is 382 g/mol. The van der Waals surface area contributed by atoms with Crippen molar-refractivity contribution in [2.45, 2.75) is 45.4 Å². The lowest BCUT2D eigenvalue weighted by Gasteiger charge is -2.51. The summed E-state index contributed by atoms with van der Waals surface area (Å²) in [5, 5.41) is 10.1. The van der Waals surface area contributed by atoms with E-state index in [9.17, 15) is 9.90 Å². The molecule has 2 heterocycles. The molecule has 0 spiro atoms. The molecule has 4 rings (SSSR count). The number of benzene rings is 1. The highest BCUT2D eigenvalue weighted by molar-refractivity contribution is 5.90. The highest BCUT2D eigenvalue weighted by atomic mass is 16.5. The average Bonchev–Trinajstić information content (AvgIpc) is 3.01. The van der Waals surface area contributed by atoms with Gasteiger partial charge in [-0.3, -0.25) is 0 Å². The summed E-state index contributed by atoms with van der Waals surface area (Å²) in [6, 6.07) is 7.77. The smallest absolute Gasteiger partial charge is 0.355 e. The Balaban J connectivity index is 1.78. The van der Waals surface area contributed by atoms with E-state index in [-0.39, 0.29) is 11.4 Å². The molecule has 150 valence electrons. The van der Waals surface area contributed by atoms with Crippen molar-refractivity contribution in [2.24, 2.45) is 5.92 Å². The van der Waals surface area contributed by atoms with Gasteiger partial charge in [0.1, 0.15) is 11.4 Å². The van der Waals surface area contributed by atoms with Crippen LogP contribution in [0.15, 0.2) is 24.3 Å². The Morgan fingerprint density at radius 2 is 2.21 bits per heavy atom. The number of phenolic OH excluding ortho intramolecular Hbond substituents is 1. The first-order valence-electron chi connectivity index (χ1n) is 10.4. The Hall–Kier alpha value is -2.27. The lowest BCUT2D eigenvalue weighted by Crippen LogP contribution is -2.53. The molecule has 1 aromatic carbocycles. The van der Waals surface area contributed by atoms with Crippen LogP contribution in [0.4, 0.5) is 0 Å². The number of H-pyrrole nitrogens is 1. The number of esters is 1. The average molecular weight is 383 g/mol. The molecule has 2 N–H and O–H groups in total. The Kier molecular flexibility index (Phi) is 4.96. The number of nitrogens with zero attached hydrogens (tertiary/aromatic N) is 1. The first-order valence-corrected chi connectivity index (χ1v) is 10.4. The van der Waals surface area contributed by atoms with Crippen molar-refractivity contribution in [1.29, 1.82) is 0 Å². The van der Waals surface area contributed by atoms with E-state index in [2.05, 4.69) is 22.9 Å². The van der Waals surface area contributed by atoms with Crippen molar-refractivity contribution in [3.05, 3.63) is 52.3 Å². The number of carbonyl (C=O) groups is 1. The van der Waals surface area contributed by atoms with E-state index in [1.807, 2.05) is 26.0 Å². The van der Waals surface area contributed by atoms with Crippen LogP contribution in [0.3, 0.4) is 0 Å². The molecule has 2 aliphatic rings. The lowest BCUT2D eigenvalue weighted by atomic mass is 9.58. The Bertz CT molecular complexity index is 888. The third-order valence-electron chi connectivity index (χ3n) is 6.89. The van der Waals surface area contributed by atoms with Crippen LogP contribution in [0, 0.1) is 12.8 Å². The Morgan fingerprint density at radius 1 is 1.39 bits per heavy atom. The second-order valence-corrected chi connectivity index (χ2v) is 8.23. The Labute approximate surface area is 166 Å². The van der Waals surface area contributed by atoms with Gasteiger partial charge in [-0.25, -0.2) is 4.79 Å². The summed E-state index contributed by atoms with van der Waals surface area (Å²) >= 11 is 0. The van der Waals surface area contributed by atoms with Crippen LogP contribution in [0.2, 0.25) is 0 Å². The minimum atomic E-state index is -0.265. The van der Waals surface area contributed by atoms with E-state index in [4.69, 9.17) is 4.74 Å². The number of fused-ring (bicyclic) bond motifs is 2. The fourth-order valence-corrected chi connectivity index (χ4v) is 5.31. The number of phenols is 1. The zero-order chi connectivity index (χ0) is 19.9. The molecule has 28 heavy (non-hydrogen) atoms. The number of aromatic amines is 1. The van der Waals surface area contributed by atoms with Crippen molar-refractivity contribution in [3.8, 4) is 5.75 Å². The second-order valence-electron chi connectivity index (χ2n) is 8.23. The number of nitrogens with one attached hydrogen (secondary N) is 1. The van der Waals surface area contributed by atoms with Gasteiger partial charge in [0.25, 0.3) is 0 Å². The summed E-state index contributed by atoms with van der Waals surface area (Å²) in [5.74, 6) is 0.517. The maximum atomic E-state index is 12.4. The van der Waals surface area contributed by atoms with E-state index in [0.717, 1.165) is 50.2 Å². The molecule has 2 aromatic rings. The molecule has 1 aliphatic heterocycles. The minimum Gasteiger partial charge on any atom is -0.508 e. The van der Waals surface area contributed by atoms with E-state index in [1.165, 1.54) is 11.1 Å². The molecule has 5 nitrogen and oxygen atoms in total. The van der Waals surface area contributed by atoms with Gasteiger partial charge in [-0.1, -0.05) is 19.1 Å². The third kappa shape index (κ3) is 3.02. The molecule has 0 amide bonds. The van der Waals surface area contributed by atoms with Crippen molar-refractivity contribution in [2.75, 3.05) is 26.2 Å². The normalized spacial score (nSPS) is 24.5. The summed E-state index contributed by atoms with van der Waals surface area (Å²) in [5.41, 5.74) is 5.27. The zero-order valence-electron chi connectivity index (χ0n) is 17.0. The number of hydrogen-bond donors (Lipinski definition) is 2. The number of carbonyl (C=O) groups excluding carboxylic acids is 1. The van der Waals surface area contributed by atoms with Crippen LogP contribution in [-0.2, 0) is 23.0 Å². The standard InChI is InChI=1S/C23H30N2O3/c1-4-25-10-9-23(16-7-6-8-18(26)11-16)13-20-19(12-17(23)14-25)15(3)21(24-20)22(27)28-5-2/h6-8,11,17,24,26H,4-5,9-10,12-14H2,1-3H3/t17-,23+/m0/s1. The van der Waals surface area contributed by atoms with Crippen molar-refractivity contribution >= 4 is 5.97 Å². The van der Waals surface area contributed by atoms with Gasteiger partial charge < -0.3 is 19.7 Å². The van der Waals surface area contributed by atoms with Crippen molar-refractivity contribution in [3.63, 3.8) is 0 Å². The molecular formula is C23H30N2O3. The minimum absolute atomic E-state index is 0.0133. The van der Waals surface area contributed by atoms with Crippen LogP contribution >= 0.6 is 0 Å². The predicted molar refractivity (Wildman–Crippen MR) is 109 cm³/mol. The Morgan fingerprint density at radius 3 is 2.93 bits per heavy atom. The topological polar surface area (TPSA) is 65.6 Å². The summed E-state index contributed by atoms with van der Waals surface area (Å²) < 4.78 is 5.25. The molecule has 5 heteroatoms. The molecule has 0 radical (unpaired) electrons. The van der Waals surface area contributed by atoms with Gasteiger partial charge in [-0.05, 0) is 80.9 Å². The lowest BCUT2D eigenvalue weighted by molar-refractivity contribution is 0.0519. The predicted octanol–water partition coefficient (Wildman–Crippen LogP) is 3.58. The van der Waals surface area contributed by atoms with E-state index in [0.29, 0.717) is 24.0 Å². The highest BCUT2D eigenvalue weighted by Crippen LogP contribution is 2.49. The fraction of sp³-hybridized carbons (Fsp3) is 0.522. The molecule has 0 saturated carbocycles. The largest absolute Gasteiger partial charge is 0.508 e. The van der Waals surface area contributed by atoms with Crippen LogP contribution in [0.25, 0.3) is 0 Å². The third-order valence-corrected chi connectivity index (χ3v) is 6.89. The zero-order valence-corrected chi connectivity index (χ0v) is 17.0. The highest BCUT2D eigenvalue weighted by Gasteiger charge is 2.48. The van der Waals surface area contributed by atoms with E-state index in [1.54, 1.807) is 6.07 Å². The van der Waals surface area contributed by atoms with Crippen LogP contribution in [0.1, 0.15) is 53.1 Å². The first-order chi connectivity index (χ1) is 13.5. The number of aromatic nitrogens is 1. The van der Waals surface area contributed by atoms with Gasteiger partial charge in [0.15, 0.2) is 0 Å². The van der Waals surface area contributed by atoms with Gasteiger partial charge in [-0.2, -0.15) is 0 Å². The van der Waals surface area contributed by atoms with Crippen LogP contribution in [0.5, 0.6) is 5.75 Å². The molecule has 0 unspecified atom stereocenters. The molecule has 0 bridgehead atoms. The first kappa shape index (κ1) is 19.1. The maximum absolute atomic E-state index is 12.4. The summed E-state index contributed by atoms with van der Waals surface area (Å²) in [4.78, 5) is 18.3. The van der Waals surface area contributed by atoms with Gasteiger partial charge in [0, 0.05) is 17.7 Å². The number of ether oxygens (including phenoxy) is 1. The van der Waals surface area contributed by atoms with Crippen molar-refractivity contribution in [1.82, 2.24) is 9.88 Å². The van der Waals surface area contributed by atoms with Gasteiger partial charge in [-0.15, -0.1) is 0 Å². The molecule has 1 aliphatic carbocycles. The fourth-order valence-electron chi connectivity index (χ4n) is 5.31. The van der Waals surface area contributed by atoms with Crippen LogP contribution in [-0.4, -0.2) is 47.2 Å². The van der Waals surface area contributed by atoms with E-state index < -0.39 is 0 Å². The van der Waals surface area contributed by atoms with Gasteiger partial charge in [0.05, 0.1) is 6.61 Å². The van der Waals surface area contributed by atoms with Crippen LogP contribution < -0.4 is 0 Å².